The number of hydrogen-bond acceptors (Lipinski definition) is 4. The molecule has 0 spiro atoms. The maximum absolute atomic E-state index is 14.0. The van der Waals surface area contributed by atoms with Gasteiger partial charge in [0, 0.05) is 13.1 Å². The minimum atomic E-state index is -4.06. The molecule has 0 radical (unpaired) electrons. The van der Waals surface area contributed by atoms with Crippen LogP contribution in [0.15, 0.2) is 83.8 Å². The summed E-state index contributed by atoms with van der Waals surface area (Å²) < 4.78 is 28.7. The smallest absolute Gasteiger partial charge is 0.264 e. The third-order valence-corrected chi connectivity index (χ3v) is 8.06. The molecule has 3 aromatic carbocycles. The highest BCUT2D eigenvalue weighted by molar-refractivity contribution is 7.92. The first kappa shape index (κ1) is 28.9. The van der Waals surface area contributed by atoms with Crippen LogP contribution in [0.4, 0.5) is 5.69 Å². The third kappa shape index (κ3) is 7.22. The minimum absolute atomic E-state index is 0.0901. The summed E-state index contributed by atoms with van der Waals surface area (Å²) in [7, 11) is -4.06. The van der Waals surface area contributed by atoms with E-state index in [1.54, 1.807) is 36.4 Å². The topological polar surface area (TPSA) is 86.8 Å². The third-order valence-electron chi connectivity index (χ3n) is 6.27. The Bertz CT molecular complexity index is 1340. The minimum Gasteiger partial charge on any atom is -0.354 e. The fourth-order valence-corrected chi connectivity index (χ4v) is 5.75. The van der Waals surface area contributed by atoms with Gasteiger partial charge in [-0.1, -0.05) is 74.0 Å². The summed E-state index contributed by atoms with van der Waals surface area (Å²) in [5.74, 6) is -0.700. The van der Waals surface area contributed by atoms with E-state index in [0.29, 0.717) is 18.7 Å². The van der Waals surface area contributed by atoms with Crippen molar-refractivity contribution in [1.29, 1.82) is 0 Å². The maximum Gasteiger partial charge on any atom is 0.264 e. The lowest BCUT2D eigenvalue weighted by atomic mass is 10.1. The Morgan fingerprint density at radius 1 is 0.868 bits per heavy atom. The summed E-state index contributed by atoms with van der Waals surface area (Å²) in [5.41, 5.74) is 3.16. The molecule has 0 aliphatic rings. The van der Waals surface area contributed by atoms with Crippen LogP contribution in [-0.4, -0.2) is 44.3 Å². The molecule has 0 aliphatic heterocycles. The normalized spacial score (nSPS) is 12.0. The summed E-state index contributed by atoms with van der Waals surface area (Å²) in [5, 5.41) is 2.90. The number of amides is 2. The zero-order valence-corrected chi connectivity index (χ0v) is 23.4. The predicted octanol–water partition coefficient (Wildman–Crippen LogP) is 4.83. The molecule has 0 fully saturated rings. The zero-order chi connectivity index (χ0) is 27.7. The van der Waals surface area contributed by atoms with Gasteiger partial charge >= 0.3 is 0 Å². The molecule has 3 aromatic rings. The molecule has 0 aliphatic carbocycles. The van der Waals surface area contributed by atoms with Crippen molar-refractivity contribution in [1.82, 2.24) is 10.2 Å². The molecule has 0 saturated heterocycles. The van der Waals surface area contributed by atoms with Gasteiger partial charge in [0.15, 0.2) is 0 Å². The van der Waals surface area contributed by atoms with Crippen molar-refractivity contribution < 1.29 is 18.0 Å². The molecule has 0 saturated carbocycles. The van der Waals surface area contributed by atoms with Gasteiger partial charge in [0.25, 0.3) is 10.0 Å². The van der Waals surface area contributed by atoms with Gasteiger partial charge in [0.2, 0.25) is 11.8 Å². The number of nitrogens with one attached hydrogen (secondary N) is 1. The molecule has 2 amide bonds. The first-order chi connectivity index (χ1) is 18.2. The van der Waals surface area contributed by atoms with Crippen LogP contribution in [0, 0.1) is 13.8 Å². The van der Waals surface area contributed by atoms with Crippen molar-refractivity contribution in [3.05, 3.63) is 95.6 Å². The van der Waals surface area contributed by atoms with Gasteiger partial charge < -0.3 is 10.2 Å². The van der Waals surface area contributed by atoms with Gasteiger partial charge in [0.1, 0.15) is 12.6 Å². The van der Waals surface area contributed by atoms with Crippen LogP contribution in [-0.2, 0) is 26.2 Å². The molecule has 0 heterocycles. The average Bonchev–Trinajstić information content (AvgIpc) is 2.90. The van der Waals surface area contributed by atoms with Crippen LogP contribution in [0.2, 0.25) is 0 Å². The van der Waals surface area contributed by atoms with Crippen molar-refractivity contribution in [2.75, 3.05) is 17.4 Å². The second kappa shape index (κ2) is 13.2. The second-order valence-electron chi connectivity index (χ2n) is 9.39. The predicted molar refractivity (Wildman–Crippen MR) is 151 cm³/mol. The van der Waals surface area contributed by atoms with Crippen molar-refractivity contribution >= 4 is 27.5 Å². The molecular weight excluding hydrogens is 498 g/mol. The number of benzene rings is 3. The Hall–Kier alpha value is -3.65. The SMILES string of the molecule is CCCNC(=O)[C@H](CC)N(Cc1cccc(C)c1)C(=O)CN(c1cccc(C)c1)S(=O)(=O)c1ccccc1. The Labute approximate surface area is 226 Å². The number of carbonyl (C=O) groups excluding carboxylic acids is 2. The fraction of sp³-hybridized carbons (Fsp3) is 0.333. The van der Waals surface area contributed by atoms with Gasteiger partial charge in [-0.15, -0.1) is 0 Å². The molecule has 0 aromatic heterocycles. The van der Waals surface area contributed by atoms with Gasteiger partial charge in [-0.3, -0.25) is 13.9 Å². The number of carbonyl (C=O) groups is 2. The summed E-state index contributed by atoms with van der Waals surface area (Å²) in [6.45, 7) is 7.90. The number of sulfonamides is 1. The van der Waals surface area contributed by atoms with E-state index in [4.69, 9.17) is 0 Å². The van der Waals surface area contributed by atoms with E-state index in [1.807, 2.05) is 58.0 Å². The number of anilines is 1. The van der Waals surface area contributed by atoms with Crippen molar-refractivity contribution in [2.24, 2.45) is 0 Å². The van der Waals surface area contributed by atoms with Crippen LogP contribution in [0.3, 0.4) is 0 Å². The van der Waals surface area contributed by atoms with E-state index in [-0.39, 0.29) is 17.3 Å². The number of rotatable bonds is 12. The Morgan fingerprint density at radius 3 is 2.13 bits per heavy atom. The lowest BCUT2D eigenvalue weighted by molar-refractivity contribution is -0.140. The van der Waals surface area contributed by atoms with E-state index in [1.165, 1.54) is 17.0 Å². The fourth-order valence-electron chi connectivity index (χ4n) is 4.32. The summed E-state index contributed by atoms with van der Waals surface area (Å²) in [6, 6.07) is 22.1. The Morgan fingerprint density at radius 2 is 1.53 bits per heavy atom. The van der Waals surface area contributed by atoms with Crippen molar-refractivity contribution in [3.63, 3.8) is 0 Å². The van der Waals surface area contributed by atoms with Gasteiger partial charge in [-0.25, -0.2) is 8.42 Å². The van der Waals surface area contributed by atoms with Crippen LogP contribution < -0.4 is 9.62 Å². The standard InChI is InChI=1S/C30H37N3O4S/c1-5-18-31-30(35)28(6-2)32(21-25-14-10-12-23(3)19-25)29(34)22-33(26-15-11-13-24(4)20-26)38(36,37)27-16-8-7-9-17-27/h7-17,19-20,28H,5-6,18,21-22H2,1-4H3,(H,31,35)/t28-/m0/s1. The van der Waals surface area contributed by atoms with E-state index in [9.17, 15) is 18.0 Å². The Kier molecular flexibility index (Phi) is 10.1. The molecule has 8 heteroatoms. The molecule has 3 rings (SSSR count). The van der Waals surface area contributed by atoms with Gasteiger partial charge in [-0.05, 0) is 62.1 Å². The molecule has 38 heavy (non-hydrogen) atoms. The second-order valence-corrected chi connectivity index (χ2v) is 11.3. The lowest BCUT2D eigenvalue weighted by Gasteiger charge is -2.33. The molecule has 7 nitrogen and oxygen atoms in total. The molecule has 1 atom stereocenters. The van der Waals surface area contributed by atoms with E-state index < -0.39 is 28.5 Å². The number of aryl methyl sites for hydroxylation is 2. The molecule has 202 valence electrons. The lowest BCUT2D eigenvalue weighted by Crippen LogP contribution is -2.52. The Balaban J connectivity index is 2.04. The molecular formula is C30H37N3O4S. The zero-order valence-electron chi connectivity index (χ0n) is 22.6. The van der Waals surface area contributed by atoms with Crippen LogP contribution in [0.5, 0.6) is 0 Å². The first-order valence-corrected chi connectivity index (χ1v) is 14.4. The van der Waals surface area contributed by atoms with Crippen LogP contribution in [0.25, 0.3) is 0 Å². The summed E-state index contributed by atoms with van der Waals surface area (Å²) in [4.78, 5) is 28.7. The molecule has 1 N–H and O–H groups in total. The van der Waals surface area contributed by atoms with Crippen LogP contribution >= 0.6 is 0 Å². The average molecular weight is 536 g/mol. The number of hydrogen-bond donors (Lipinski definition) is 1. The van der Waals surface area contributed by atoms with Crippen molar-refractivity contribution in [2.45, 2.75) is 58.0 Å². The highest BCUT2D eigenvalue weighted by Crippen LogP contribution is 2.25. The van der Waals surface area contributed by atoms with Crippen molar-refractivity contribution in [3.8, 4) is 0 Å². The summed E-state index contributed by atoms with van der Waals surface area (Å²) >= 11 is 0. The maximum atomic E-state index is 14.0. The largest absolute Gasteiger partial charge is 0.354 e. The molecule has 0 bridgehead atoms. The quantitative estimate of drug-likeness (QED) is 0.360. The number of nitrogens with zero attached hydrogens (tertiary/aromatic N) is 2. The molecule has 0 unspecified atom stereocenters. The summed E-state index contributed by atoms with van der Waals surface area (Å²) in [6.07, 6.45) is 1.16. The first-order valence-electron chi connectivity index (χ1n) is 12.9. The van der Waals surface area contributed by atoms with E-state index in [2.05, 4.69) is 5.32 Å². The van der Waals surface area contributed by atoms with Gasteiger partial charge in [-0.2, -0.15) is 0 Å². The highest BCUT2D eigenvalue weighted by atomic mass is 32.2. The monoisotopic (exact) mass is 535 g/mol. The van der Waals surface area contributed by atoms with Crippen LogP contribution in [0.1, 0.15) is 43.4 Å². The van der Waals surface area contributed by atoms with E-state index in [0.717, 1.165) is 27.4 Å². The van der Waals surface area contributed by atoms with E-state index >= 15 is 0 Å². The van der Waals surface area contributed by atoms with Gasteiger partial charge in [0.05, 0.1) is 10.6 Å². The highest BCUT2D eigenvalue weighted by Gasteiger charge is 2.33.